The van der Waals surface area contributed by atoms with Crippen LogP contribution in [0.4, 0.5) is 0 Å². The zero-order chi connectivity index (χ0) is 6.10. The van der Waals surface area contributed by atoms with Crippen LogP contribution in [0, 0.1) is 5.92 Å². The number of hydrogen-bond donors (Lipinski definition) is 0. The van der Waals surface area contributed by atoms with Crippen molar-refractivity contribution in [2.24, 2.45) is 10.9 Å². The first-order chi connectivity index (χ1) is 4.47. The average Bonchev–Trinajstić information content (AvgIpc) is 2.71. The maximum Gasteiger partial charge on any atom is 0.0704 e. The molecule has 0 spiro atoms. The topological polar surface area (TPSA) is 12.4 Å². The minimum absolute atomic E-state index is 0.554. The number of hydrogen-bond acceptors (Lipinski definition) is 1. The SMILES string of the molecule is C1=CC(C2CC2)N=CC1. The Hall–Kier alpha value is -0.590. The van der Waals surface area contributed by atoms with Crippen molar-refractivity contribution in [2.45, 2.75) is 25.3 Å². The molecule has 0 N–H and O–H groups in total. The maximum atomic E-state index is 4.38. The third-order valence-corrected chi connectivity index (χ3v) is 1.96. The van der Waals surface area contributed by atoms with E-state index in [0.29, 0.717) is 6.04 Å². The first-order valence-corrected chi connectivity index (χ1v) is 3.65. The summed E-state index contributed by atoms with van der Waals surface area (Å²) in [7, 11) is 0. The summed E-state index contributed by atoms with van der Waals surface area (Å²) in [6.45, 7) is 0. The van der Waals surface area contributed by atoms with Crippen LogP contribution in [0.25, 0.3) is 0 Å². The molecule has 1 nitrogen and oxygen atoms in total. The molecule has 2 aliphatic rings. The zero-order valence-corrected chi connectivity index (χ0v) is 5.46. The Balaban J connectivity index is 2.01. The van der Waals surface area contributed by atoms with E-state index in [1.54, 1.807) is 0 Å². The second-order valence-electron chi connectivity index (χ2n) is 2.82. The summed E-state index contributed by atoms with van der Waals surface area (Å²) in [5.41, 5.74) is 0. The van der Waals surface area contributed by atoms with Crippen molar-refractivity contribution in [3.8, 4) is 0 Å². The quantitative estimate of drug-likeness (QED) is 0.469. The summed E-state index contributed by atoms with van der Waals surface area (Å²) in [5, 5.41) is 0. The van der Waals surface area contributed by atoms with Gasteiger partial charge in [0.15, 0.2) is 0 Å². The van der Waals surface area contributed by atoms with E-state index >= 15 is 0 Å². The van der Waals surface area contributed by atoms with E-state index in [4.69, 9.17) is 0 Å². The molecule has 9 heavy (non-hydrogen) atoms. The standard InChI is InChI=1S/C8H11N/c1-2-6-9-8(3-1)7-4-5-7/h1,3,6-8H,2,4-5H2. The number of aliphatic imine (C=N–C) groups is 1. The van der Waals surface area contributed by atoms with Gasteiger partial charge in [0.2, 0.25) is 0 Å². The molecule has 0 saturated heterocycles. The average molecular weight is 121 g/mol. The van der Waals surface area contributed by atoms with E-state index in [0.717, 1.165) is 12.3 Å². The number of allylic oxidation sites excluding steroid dienone is 1. The van der Waals surface area contributed by atoms with Gasteiger partial charge < -0.3 is 0 Å². The Morgan fingerprint density at radius 3 is 2.78 bits per heavy atom. The molecule has 0 aromatic carbocycles. The van der Waals surface area contributed by atoms with Gasteiger partial charge in [-0.15, -0.1) is 0 Å². The molecule has 0 amide bonds. The maximum absolute atomic E-state index is 4.38. The van der Waals surface area contributed by atoms with Crippen molar-refractivity contribution < 1.29 is 0 Å². The smallest absolute Gasteiger partial charge is 0.0704 e. The van der Waals surface area contributed by atoms with Gasteiger partial charge in [-0.05, 0) is 18.8 Å². The van der Waals surface area contributed by atoms with Crippen LogP contribution in [0.2, 0.25) is 0 Å². The zero-order valence-electron chi connectivity index (χ0n) is 5.46. The Morgan fingerprint density at radius 2 is 2.22 bits per heavy atom. The summed E-state index contributed by atoms with van der Waals surface area (Å²) in [5.74, 6) is 0.901. The fraction of sp³-hybridized carbons (Fsp3) is 0.625. The summed E-state index contributed by atoms with van der Waals surface area (Å²) >= 11 is 0. The van der Waals surface area contributed by atoms with Crippen molar-refractivity contribution >= 4 is 6.21 Å². The predicted octanol–water partition coefficient (Wildman–Crippen LogP) is 1.80. The Bertz CT molecular complexity index is 142. The highest BCUT2D eigenvalue weighted by molar-refractivity contribution is 5.61. The molecule has 1 atom stereocenters. The molecule has 1 unspecified atom stereocenters. The van der Waals surface area contributed by atoms with E-state index in [2.05, 4.69) is 17.1 Å². The van der Waals surface area contributed by atoms with Crippen LogP contribution in [0.1, 0.15) is 19.3 Å². The summed E-state index contributed by atoms with van der Waals surface area (Å²) < 4.78 is 0. The lowest BCUT2D eigenvalue weighted by Gasteiger charge is -2.07. The van der Waals surface area contributed by atoms with Gasteiger partial charge >= 0.3 is 0 Å². The van der Waals surface area contributed by atoms with Gasteiger partial charge in [0.25, 0.3) is 0 Å². The lowest BCUT2D eigenvalue weighted by molar-refractivity contribution is 0.707. The lowest BCUT2D eigenvalue weighted by atomic mass is 10.1. The molecule has 0 bridgehead atoms. The van der Waals surface area contributed by atoms with Crippen molar-refractivity contribution in [2.75, 3.05) is 0 Å². The molecular formula is C8H11N. The molecule has 1 aliphatic heterocycles. The van der Waals surface area contributed by atoms with Crippen LogP contribution in [0.15, 0.2) is 17.1 Å². The van der Waals surface area contributed by atoms with Gasteiger partial charge in [-0.1, -0.05) is 12.2 Å². The lowest BCUT2D eigenvalue weighted by Crippen LogP contribution is -2.05. The summed E-state index contributed by atoms with van der Waals surface area (Å²) in [6.07, 6.45) is 10.3. The van der Waals surface area contributed by atoms with E-state index in [1.165, 1.54) is 12.8 Å². The van der Waals surface area contributed by atoms with Gasteiger partial charge in [-0.2, -0.15) is 0 Å². The van der Waals surface area contributed by atoms with Crippen molar-refractivity contribution in [3.63, 3.8) is 0 Å². The van der Waals surface area contributed by atoms with Crippen molar-refractivity contribution in [3.05, 3.63) is 12.2 Å². The van der Waals surface area contributed by atoms with Gasteiger partial charge in [-0.3, -0.25) is 4.99 Å². The molecule has 0 aromatic heterocycles. The van der Waals surface area contributed by atoms with E-state index < -0.39 is 0 Å². The third-order valence-electron chi connectivity index (χ3n) is 1.96. The third kappa shape index (κ3) is 1.04. The minimum Gasteiger partial charge on any atom is -0.289 e. The predicted molar refractivity (Wildman–Crippen MR) is 38.8 cm³/mol. The van der Waals surface area contributed by atoms with E-state index in [1.807, 2.05) is 6.21 Å². The van der Waals surface area contributed by atoms with Crippen LogP contribution in [0.5, 0.6) is 0 Å². The Morgan fingerprint density at radius 1 is 1.33 bits per heavy atom. The first-order valence-electron chi connectivity index (χ1n) is 3.65. The van der Waals surface area contributed by atoms with Gasteiger partial charge in [0.05, 0.1) is 6.04 Å². The van der Waals surface area contributed by atoms with Crippen LogP contribution >= 0.6 is 0 Å². The van der Waals surface area contributed by atoms with Gasteiger partial charge in [0.1, 0.15) is 0 Å². The normalized spacial score (nSPS) is 33.1. The van der Waals surface area contributed by atoms with Crippen LogP contribution in [0.3, 0.4) is 0 Å². The molecule has 1 aliphatic carbocycles. The molecule has 48 valence electrons. The number of rotatable bonds is 1. The van der Waals surface area contributed by atoms with Gasteiger partial charge in [-0.25, -0.2) is 0 Å². The molecule has 1 fully saturated rings. The minimum atomic E-state index is 0.554. The van der Waals surface area contributed by atoms with Crippen LogP contribution in [-0.2, 0) is 0 Å². The van der Waals surface area contributed by atoms with Crippen molar-refractivity contribution in [1.82, 2.24) is 0 Å². The first kappa shape index (κ1) is 5.21. The second kappa shape index (κ2) is 1.98. The summed E-state index contributed by atoms with van der Waals surface area (Å²) in [4.78, 5) is 4.38. The highest BCUT2D eigenvalue weighted by Gasteiger charge is 2.29. The molecular weight excluding hydrogens is 110 g/mol. The largest absolute Gasteiger partial charge is 0.289 e. The fourth-order valence-corrected chi connectivity index (χ4v) is 1.23. The van der Waals surface area contributed by atoms with Crippen LogP contribution < -0.4 is 0 Å². The Labute approximate surface area is 55.5 Å². The number of dihydropyridines is 1. The highest BCUT2D eigenvalue weighted by Crippen LogP contribution is 2.35. The second-order valence-corrected chi connectivity index (χ2v) is 2.82. The molecule has 1 heterocycles. The molecule has 1 heteroatoms. The summed E-state index contributed by atoms with van der Waals surface area (Å²) in [6, 6.07) is 0.554. The molecule has 1 saturated carbocycles. The highest BCUT2D eigenvalue weighted by atomic mass is 14.8. The van der Waals surface area contributed by atoms with E-state index in [9.17, 15) is 0 Å². The van der Waals surface area contributed by atoms with E-state index in [-0.39, 0.29) is 0 Å². The van der Waals surface area contributed by atoms with Crippen LogP contribution in [-0.4, -0.2) is 12.3 Å². The Kier molecular flexibility index (Phi) is 1.15. The van der Waals surface area contributed by atoms with Gasteiger partial charge in [0, 0.05) is 12.6 Å². The van der Waals surface area contributed by atoms with Crippen molar-refractivity contribution in [1.29, 1.82) is 0 Å². The monoisotopic (exact) mass is 121 g/mol. The molecule has 2 rings (SSSR count). The fourth-order valence-electron chi connectivity index (χ4n) is 1.23. The number of nitrogens with zero attached hydrogens (tertiary/aromatic N) is 1. The molecule has 0 aromatic rings. The molecule has 0 radical (unpaired) electrons.